The topological polar surface area (TPSA) is 80.3 Å². The van der Waals surface area contributed by atoms with Gasteiger partial charge in [-0.2, -0.15) is 13.2 Å². The molecule has 0 spiro atoms. The predicted molar refractivity (Wildman–Crippen MR) is 126 cm³/mol. The van der Waals surface area contributed by atoms with Crippen LogP contribution >= 0.6 is 7.60 Å². The van der Waals surface area contributed by atoms with Gasteiger partial charge >= 0.3 is 13.8 Å². The molecule has 3 heterocycles. The van der Waals surface area contributed by atoms with Crippen molar-refractivity contribution in [2.75, 3.05) is 37.4 Å². The van der Waals surface area contributed by atoms with Crippen molar-refractivity contribution in [3.05, 3.63) is 29.6 Å². The third kappa shape index (κ3) is 5.09. The molecule has 186 valence electrons. The zero-order valence-electron chi connectivity index (χ0n) is 19.6. The summed E-state index contributed by atoms with van der Waals surface area (Å²) in [5.74, 6) is -0.797. The highest BCUT2D eigenvalue weighted by Crippen LogP contribution is 2.51. The number of piperidine rings is 1. The van der Waals surface area contributed by atoms with Crippen molar-refractivity contribution in [2.24, 2.45) is 5.92 Å². The maximum atomic E-state index is 13.7. The molecular formula is C23H30F3N4O3P. The van der Waals surface area contributed by atoms with Crippen molar-refractivity contribution < 1.29 is 26.8 Å². The van der Waals surface area contributed by atoms with Crippen molar-refractivity contribution >= 4 is 35.3 Å². The zero-order chi connectivity index (χ0) is 24.5. The second-order valence-corrected chi connectivity index (χ2v) is 10.6. The number of hydrogen-bond acceptors (Lipinski definition) is 6. The van der Waals surface area contributed by atoms with Gasteiger partial charge in [0.05, 0.1) is 19.4 Å². The van der Waals surface area contributed by atoms with E-state index in [9.17, 15) is 17.7 Å². The van der Waals surface area contributed by atoms with Gasteiger partial charge in [0.2, 0.25) is 5.82 Å². The Morgan fingerprint density at radius 1 is 1.12 bits per heavy atom. The fourth-order valence-electron chi connectivity index (χ4n) is 4.55. The summed E-state index contributed by atoms with van der Waals surface area (Å²) in [6.45, 7) is 7.12. The highest BCUT2D eigenvalue weighted by Gasteiger charge is 2.37. The third-order valence-corrected chi connectivity index (χ3v) is 8.46. The van der Waals surface area contributed by atoms with Gasteiger partial charge in [-0.15, -0.1) is 0 Å². The molecule has 1 N–H and O–H groups in total. The van der Waals surface area contributed by atoms with Crippen LogP contribution in [0.3, 0.4) is 0 Å². The average Bonchev–Trinajstić information content (AvgIpc) is 3.16. The number of fused-ring (bicyclic) bond motifs is 3. The summed E-state index contributed by atoms with van der Waals surface area (Å²) >= 11 is 0. The molecule has 2 aromatic heterocycles. The van der Waals surface area contributed by atoms with Gasteiger partial charge in [0.25, 0.3) is 0 Å². The lowest BCUT2D eigenvalue weighted by molar-refractivity contribution is -0.144. The van der Waals surface area contributed by atoms with E-state index in [1.54, 1.807) is 13.8 Å². The van der Waals surface area contributed by atoms with Gasteiger partial charge in [-0.05, 0) is 56.7 Å². The van der Waals surface area contributed by atoms with Crippen LogP contribution in [0, 0.1) is 5.92 Å². The van der Waals surface area contributed by atoms with Gasteiger partial charge in [-0.3, -0.25) is 4.57 Å². The number of halogens is 3. The molecule has 1 fully saturated rings. The van der Waals surface area contributed by atoms with Crippen molar-refractivity contribution in [3.8, 4) is 0 Å². The number of aryl methyl sites for hydroxylation is 1. The first-order valence-electron chi connectivity index (χ1n) is 11.7. The SMILES string of the molecule is CCOP(=O)(CC1CCN(c2nc(C(F)(F)F)nc3c2[nH]c2ccc(CC)cc23)CC1)OCC. The minimum absolute atomic E-state index is 0.0921. The molecule has 1 saturated heterocycles. The Morgan fingerprint density at radius 3 is 2.38 bits per heavy atom. The quantitative estimate of drug-likeness (QED) is 0.374. The molecule has 1 aromatic carbocycles. The van der Waals surface area contributed by atoms with Crippen LogP contribution in [0.5, 0.6) is 0 Å². The predicted octanol–water partition coefficient (Wildman–Crippen LogP) is 6.17. The monoisotopic (exact) mass is 498 g/mol. The van der Waals surface area contributed by atoms with Crippen LogP contribution < -0.4 is 4.90 Å². The van der Waals surface area contributed by atoms with Crippen molar-refractivity contribution in [1.82, 2.24) is 15.0 Å². The van der Waals surface area contributed by atoms with E-state index in [-0.39, 0.29) is 17.3 Å². The molecule has 11 heteroatoms. The fraction of sp³-hybridized carbons (Fsp3) is 0.565. The summed E-state index contributed by atoms with van der Waals surface area (Å²) < 4.78 is 64.8. The van der Waals surface area contributed by atoms with E-state index in [1.807, 2.05) is 30.0 Å². The van der Waals surface area contributed by atoms with Crippen LogP contribution in [-0.4, -0.2) is 47.4 Å². The number of nitrogens with one attached hydrogen (secondary N) is 1. The molecular weight excluding hydrogens is 468 g/mol. The van der Waals surface area contributed by atoms with Crippen LogP contribution in [-0.2, 0) is 26.2 Å². The van der Waals surface area contributed by atoms with E-state index >= 15 is 0 Å². The Kier molecular flexibility index (Phi) is 7.22. The molecule has 7 nitrogen and oxygen atoms in total. The first kappa shape index (κ1) is 24.9. The number of anilines is 1. The molecule has 0 aliphatic carbocycles. The molecule has 1 aliphatic heterocycles. The summed E-state index contributed by atoms with van der Waals surface area (Å²) in [5.41, 5.74) is 2.54. The van der Waals surface area contributed by atoms with Gasteiger partial charge in [0.15, 0.2) is 5.82 Å². The minimum Gasteiger partial charge on any atom is -0.355 e. The molecule has 3 aromatic rings. The molecule has 0 saturated carbocycles. The molecule has 0 bridgehead atoms. The second-order valence-electron chi connectivity index (χ2n) is 8.51. The van der Waals surface area contributed by atoms with E-state index in [4.69, 9.17) is 9.05 Å². The van der Waals surface area contributed by atoms with Crippen molar-refractivity contribution in [1.29, 1.82) is 0 Å². The lowest BCUT2D eigenvalue weighted by atomic mass is 9.99. The molecule has 0 atom stereocenters. The average molecular weight is 498 g/mol. The first-order valence-corrected chi connectivity index (χ1v) is 13.4. The number of rotatable bonds is 8. The van der Waals surface area contributed by atoms with Crippen LogP contribution in [0.2, 0.25) is 0 Å². The maximum absolute atomic E-state index is 13.7. The van der Waals surface area contributed by atoms with Gasteiger partial charge in [0.1, 0.15) is 11.0 Å². The summed E-state index contributed by atoms with van der Waals surface area (Å²) in [6.07, 6.45) is -2.28. The number of aromatic nitrogens is 3. The first-order chi connectivity index (χ1) is 16.2. The zero-order valence-corrected chi connectivity index (χ0v) is 20.5. The van der Waals surface area contributed by atoms with Crippen LogP contribution in [0.1, 0.15) is 45.0 Å². The van der Waals surface area contributed by atoms with Crippen LogP contribution in [0.15, 0.2) is 18.2 Å². The minimum atomic E-state index is -4.66. The Hall–Kier alpha value is -2.16. The third-order valence-electron chi connectivity index (χ3n) is 6.20. The van der Waals surface area contributed by atoms with Crippen molar-refractivity contribution in [2.45, 2.75) is 46.2 Å². The summed E-state index contributed by atoms with van der Waals surface area (Å²) in [6, 6.07) is 5.71. The van der Waals surface area contributed by atoms with Gasteiger partial charge < -0.3 is 18.9 Å². The molecule has 0 unspecified atom stereocenters. The molecule has 0 radical (unpaired) electrons. The van der Waals surface area contributed by atoms with E-state index < -0.39 is 19.6 Å². The normalized spacial score (nSPS) is 16.1. The number of nitrogens with zero attached hydrogens (tertiary/aromatic N) is 3. The lowest BCUT2D eigenvalue weighted by Crippen LogP contribution is -2.36. The van der Waals surface area contributed by atoms with Gasteiger partial charge in [0, 0.05) is 24.0 Å². The molecule has 4 rings (SSSR count). The summed E-state index contributed by atoms with van der Waals surface area (Å²) in [5, 5.41) is 0.660. The lowest BCUT2D eigenvalue weighted by Gasteiger charge is -2.34. The van der Waals surface area contributed by atoms with E-state index in [1.165, 1.54) is 0 Å². The highest BCUT2D eigenvalue weighted by molar-refractivity contribution is 7.53. The van der Waals surface area contributed by atoms with Crippen LogP contribution in [0.25, 0.3) is 21.9 Å². The Balaban J connectivity index is 1.66. The van der Waals surface area contributed by atoms with E-state index in [0.29, 0.717) is 56.2 Å². The van der Waals surface area contributed by atoms with Gasteiger partial charge in [-0.25, -0.2) is 9.97 Å². The molecule has 0 amide bonds. The number of alkyl halides is 3. The Bertz CT molecular complexity index is 1200. The molecule has 34 heavy (non-hydrogen) atoms. The number of hydrogen-bond donors (Lipinski definition) is 1. The summed E-state index contributed by atoms with van der Waals surface area (Å²) in [4.78, 5) is 13.0. The number of H-pyrrole nitrogens is 1. The van der Waals surface area contributed by atoms with E-state index in [0.717, 1.165) is 17.5 Å². The number of benzene rings is 1. The fourth-order valence-corrected chi connectivity index (χ4v) is 6.61. The smallest absolute Gasteiger partial charge is 0.355 e. The number of aromatic amines is 1. The standard InChI is InChI=1S/C23H30F3N4O3P/c1-4-15-7-8-18-17(13-15)19-20(27-18)21(29-22(28-19)23(24,25)26)30-11-9-16(10-12-30)14-34(31,32-5-2)33-6-3/h7-8,13,16,27H,4-6,9-12,14H2,1-3H3. The molecule has 1 aliphatic rings. The largest absolute Gasteiger partial charge is 0.451 e. The van der Waals surface area contributed by atoms with Crippen LogP contribution in [0.4, 0.5) is 19.0 Å². The van der Waals surface area contributed by atoms with Crippen molar-refractivity contribution in [3.63, 3.8) is 0 Å². The van der Waals surface area contributed by atoms with E-state index in [2.05, 4.69) is 15.0 Å². The maximum Gasteiger partial charge on any atom is 0.451 e. The Labute approximate surface area is 196 Å². The summed E-state index contributed by atoms with van der Waals surface area (Å²) in [7, 11) is -3.18. The Morgan fingerprint density at radius 2 is 1.79 bits per heavy atom. The highest BCUT2D eigenvalue weighted by atomic mass is 31.2. The second kappa shape index (κ2) is 9.84. The van der Waals surface area contributed by atoms with Gasteiger partial charge in [-0.1, -0.05) is 13.0 Å².